The van der Waals surface area contributed by atoms with Crippen LogP contribution in [0.1, 0.15) is 37.8 Å². The maximum Gasteiger partial charge on any atom is 0.131 e. The van der Waals surface area contributed by atoms with Crippen molar-refractivity contribution in [2.45, 2.75) is 38.3 Å². The van der Waals surface area contributed by atoms with E-state index in [2.05, 4.69) is 0 Å². The van der Waals surface area contributed by atoms with Crippen molar-refractivity contribution in [3.8, 4) is 5.75 Å². The summed E-state index contributed by atoms with van der Waals surface area (Å²) in [5, 5.41) is 0. The highest BCUT2D eigenvalue weighted by molar-refractivity contribution is 5.36. The predicted octanol–water partition coefficient (Wildman–Crippen LogP) is 2.79. The standard InChI is InChI=1S/C14H20FNO2/c1-10(16)14-12(15)6-4-7-13(14)18-9-11-5-2-3-8-17-11/h4,6-7,10-11H,2-3,5,8-9,16H2,1H3/t10-,11?/m1/s1. The van der Waals surface area contributed by atoms with Crippen molar-refractivity contribution >= 4 is 0 Å². The Morgan fingerprint density at radius 1 is 1.50 bits per heavy atom. The Hall–Kier alpha value is -1.13. The molecule has 1 saturated heterocycles. The number of ether oxygens (including phenoxy) is 2. The third kappa shape index (κ3) is 3.21. The van der Waals surface area contributed by atoms with Crippen LogP contribution in [0.4, 0.5) is 4.39 Å². The Morgan fingerprint density at radius 2 is 2.33 bits per heavy atom. The minimum Gasteiger partial charge on any atom is -0.490 e. The molecule has 2 rings (SSSR count). The fraction of sp³-hybridized carbons (Fsp3) is 0.571. The van der Waals surface area contributed by atoms with Gasteiger partial charge in [-0.1, -0.05) is 6.07 Å². The number of rotatable bonds is 4. The van der Waals surface area contributed by atoms with Crippen LogP contribution in [-0.2, 0) is 4.74 Å². The minimum absolute atomic E-state index is 0.114. The summed E-state index contributed by atoms with van der Waals surface area (Å²) >= 11 is 0. The highest BCUT2D eigenvalue weighted by atomic mass is 19.1. The quantitative estimate of drug-likeness (QED) is 0.897. The lowest BCUT2D eigenvalue weighted by molar-refractivity contribution is -0.0113. The first kappa shape index (κ1) is 13.3. The molecule has 0 amide bonds. The van der Waals surface area contributed by atoms with E-state index in [1.54, 1.807) is 19.1 Å². The zero-order chi connectivity index (χ0) is 13.0. The van der Waals surface area contributed by atoms with Crippen LogP contribution in [0.25, 0.3) is 0 Å². The molecule has 18 heavy (non-hydrogen) atoms. The molecule has 0 bridgehead atoms. The van der Waals surface area contributed by atoms with E-state index in [4.69, 9.17) is 15.2 Å². The molecule has 0 spiro atoms. The van der Waals surface area contributed by atoms with Crippen LogP contribution in [0, 0.1) is 5.82 Å². The Balaban J connectivity index is 2.02. The van der Waals surface area contributed by atoms with Crippen molar-refractivity contribution in [2.24, 2.45) is 5.73 Å². The van der Waals surface area contributed by atoms with E-state index in [9.17, 15) is 4.39 Å². The third-order valence-corrected chi connectivity index (χ3v) is 3.17. The van der Waals surface area contributed by atoms with Gasteiger partial charge in [-0.2, -0.15) is 0 Å². The van der Waals surface area contributed by atoms with Gasteiger partial charge < -0.3 is 15.2 Å². The van der Waals surface area contributed by atoms with Gasteiger partial charge >= 0.3 is 0 Å². The summed E-state index contributed by atoms with van der Waals surface area (Å²) < 4.78 is 24.9. The Morgan fingerprint density at radius 3 is 3.00 bits per heavy atom. The van der Waals surface area contributed by atoms with Crippen molar-refractivity contribution in [3.63, 3.8) is 0 Å². The fourth-order valence-corrected chi connectivity index (χ4v) is 2.21. The molecule has 1 unspecified atom stereocenters. The third-order valence-electron chi connectivity index (χ3n) is 3.17. The maximum atomic E-state index is 13.7. The van der Waals surface area contributed by atoms with Crippen molar-refractivity contribution < 1.29 is 13.9 Å². The summed E-state index contributed by atoms with van der Waals surface area (Å²) in [6.45, 7) is 3.00. The van der Waals surface area contributed by atoms with Gasteiger partial charge in [0.25, 0.3) is 0 Å². The highest BCUT2D eigenvalue weighted by Crippen LogP contribution is 2.27. The molecule has 1 aromatic rings. The van der Waals surface area contributed by atoms with Crippen LogP contribution in [0.15, 0.2) is 18.2 Å². The molecule has 0 aromatic heterocycles. The van der Waals surface area contributed by atoms with Crippen LogP contribution in [-0.4, -0.2) is 19.3 Å². The topological polar surface area (TPSA) is 44.5 Å². The van der Waals surface area contributed by atoms with Crippen molar-refractivity contribution in [1.29, 1.82) is 0 Å². The van der Waals surface area contributed by atoms with Gasteiger partial charge in [-0.05, 0) is 38.3 Å². The molecule has 1 aliphatic rings. The van der Waals surface area contributed by atoms with Crippen molar-refractivity contribution in [1.82, 2.24) is 0 Å². The summed E-state index contributed by atoms with van der Waals surface area (Å²) in [6, 6.07) is 4.42. The van der Waals surface area contributed by atoms with Crippen LogP contribution in [0.5, 0.6) is 5.75 Å². The Bertz CT molecular complexity index is 389. The predicted molar refractivity (Wildman–Crippen MR) is 68.1 cm³/mol. The summed E-state index contributed by atoms with van der Waals surface area (Å²) in [5.74, 6) is 0.214. The zero-order valence-corrected chi connectivity index (χ0v) is 10.7. The highest BCUT2D eigenvalue weighted by Gasteiger charge is 2.17. The molecule has 1 heterocycles. The fourth-order valence-electron chi connectivity index (χ4n) is 2.21. The van der Waals surface area contributed by atoms with Gasteiger partial charge in [0.2, 0.25) is 0 Å². The number of hydrogen-bond acceptors (Lipinski definition) is 3. The smallest absolute Gasteiger partial charge is 0.131 e. The minimum atomic E-state index is -0.381. The van der Waals surface area contributed by atoms with Crippen molar-refractivity contribution in [2.75, 3.05) is 13.2 Å². The van der Waals surface area contributed by atoms with Gasteiger partial charge in [-0.3, -0.25) is 0 Å². The Kier molecular flexibility index (Phi) is 4.55. The monoisotopic (exact) mass is 253 g/mol. The van der Waals surface area contributed by atoms with Gasteiger partial charge in [-0.25, -0.2) is 4.39 Å². The molecule has 0 radical (unpaired) electrons. The lowest BCUT2D eigenvalue weighted by atomic mass is 10.1. The molecule has 1 fully saturated rings. The number of nitrogens with two attached hydrogens (primary N) is 1. The van der Waals surface area contributed by atoms with Gasteiger partial charge in [0.15, 0.2) is 0 Å². The first-order valence-electron chi connectivity index (χ1n) is 6.47. The molecule has 100 valence electrons. The number of halogens is 1. The largest absolute Gasteiger partial charge is 0.490 e. The van der Waals surface area contributed by atoms with Crippen LogP contribution < -0.4 is 10.5 Å². The van der Waals surface area contributed by atoms with E-state index in [0.29, 0.717) is 17.9 Å². The maximum absolute atomic E-state index is 13.7. The second-order valence-electron chi connectivity index (χ2n) is 4.74. The molecule has 1 aliphatic heterocycles. The number of benzene rings is 1. The van der Waals surface area contributed by atoms with Crippen molar-refractivity contribution in [3.05, 3.63) is 29.6 Å². The summed E-state index contributed by atoms with van der Waals surface area (Å²) in [7, 11) is 0. The van der Waals surface area contributed by atoms with Gasteiger partial charge in [0, 0.05) is 18.2 Å². The van der Waals surface area contributed by atoms with Gasteiger partial charge in [-0.15, -0.1) is 0 Å². The molecule has 3 nitrogen and oxygen atoms in total. The first-order valence-corrected chi connectivity index (χ1v) is 6.47. The molecule has 2 atom stereocenters. The molecule has 4 heteroatoms. The number of hydrogen-bond donors (Lipinski definition) is 1. The molecular formula is C14H20FNO2. The van der Waals surface area contributed by atoms with E-state index in [1.165, 1.54) is 6.07 Å². The normalized spacial score (nSPS) is 21.6. The lowest BCUT2D eigenvalue weighted by Gasteiger charge is -2.23. The molecule has 0 aliphatic carbocycles. The lowest BCUT2D eigenvalue weighted by Crippen LogP contribution is -2.26. The molecule has 1 aromatic carbocycles. The van der Waals surface area contributed by atoms with E-state index >= 15 is 0 Å². The van der Waals surface area contributed by atoms with Gasteiger partial charge in [0.1, 0.15) is 18.2 Å². The summed E-state index contributed by atoms with van der Waals surface area (Å²) in [6.07, 6.45) is 3.39. The zero-order valence-electron chi connectivity index (χ0n) is 10.7. The SMILES string of the molecule is C[C@@H](N)c1c(F)cccc1OCC1CCCCO1. The Labute approximate surface area is 107 Å². The second kappa shape index (κ2) is 6.16. The summed E-state index contributed by atoms with van der Waals surface area (Å²) in [5.41, 5.74) is 6.21. The van der Waals surface area contributed by atoms with E-state index in [0.717, 1.165) is 25.9 Å². The van der Waals surface area contributed by atoms with E-state index < -0.39 is 0 Å². The molecule has 0 saturated carbocycles. The first-order chi connectivity index (χ1) is 8.68. The van der Waals surface area contributed by atoms with Crippen LogP contribution in [0.3, 0.4) is 0 Å². The second-order valence-corrected chi connectivity index (χ2v) is 4.74. The molecular weight excluding hydrogens is 233 g/mol. The summed E-state index contributed by atoms with van der Waals surface area (Å²) in [4.78, 5) is 0. The molecule has 2 N–H and O–H groups in total. The average molecular weight is 253 g/mol. The average Bonchev–Trinajstić information content (AvgIpc) is 2.37. The van der Waals surface area contributed by atoms with Gasteiger partial charge in [0.05, 0.1) is 6.10 Å². The van der Waals surface area contributed by atoms with E-state index in [1.807, 2.05) is 0 Å². The van der Waals surface area contributed by atoms with Crippen LogP contribution >= 0.6 is 0 Å². The van der Waals surface area contributed by atoms with E-state index in [-0.39, 0.29) is 18.0 Å². The van der Waals surface area contributed by atoms with Crippen LogP contribution in [0.2, 0.25) is 0 Å².